The SMILES string of the molecule is Cc1ccc(C2c3cccc(N)c3CCN2CCS(C)(=O)=O)cc1-c1ccccn1. The normalized spacial score (nSPS) is 16.9. The van der Waals surface area contributed by atoms with Crippen molar-refractivity contribution in [1.29, 1.82) is 0 Å². The number of benzene rings is 2. The number of rotatable bonds is 5. The van der Waals surface area contributed by atoms with Crippen LogP contribution in [-0.2, 0) is 16.3 Å². The zero-order valence-electron chi connectivity index (χ0n) is 17.4. The van der Waals surface area contributed by atoms with Crippen molar-refractivity contribution < 1.29 is 8.42 Å². The van der Waals surface area contributed by atoms with E-state index in [-0.39, 0.29) is 11.8 Å². The second-order valence-corrected chi connectivity index (χ2v) is 10.3. The maximum absolute atomic E-state index is 11.8. The molecule has 5 nitrogen and oxygen atoms in total. The van der Waals surface area contributed by atoms with Gasteiger partial charge in [-0.3, -0.25) is 9.88 Å². The first-order chi connectivity index (χ1) is 14.3. The lowest BCUT2D eigenvalue weighted by molar-refractivity contribution is 0.226. The van der Waals surface area contributed by atoms with Crippen LogP contribution in [0.5, 0.6) is 0 Å². The quantitative estimate of drug-likeness (QED) is 0.637. The third-order valence-electron chi connectivity index (χ3n) is 5.82. The molecule has 0 bridgehead atoms. The minimum absolute atomic E-state index is 0.0398. The van der Waals surface area contributed by atoms with Crippen molar-refractivity contribution >= 4 is 15.5 Å². The van der Waals surface area contributed by atoms with Gasteiger partial charge < -0.3 is 5.73 Å². The monoisotopic (exact) mass is 421 g/mol. The van der Waals surface area contributed by atoms with E-state index in [1.54, 1.807) is 6.20 Å². The summed E-state index contributed by atoms with van der Waals surface area (Å²) in [5.74, 6) is 0.139. The standard InChI is InChI=1S/C24H27N3O2S/c1-17-9-10-18(16-21(17)23-8-3-4-12-26-23)24-20-6-5-7-22(25)19(20)11-13-27(24)14-15-30(2,28)29/h3-10,12,16,24H,11,13-15,25H2,1-2H3. The van der Waals surface area contributed by atoms with Gasteiger partial charge in [0.1, 0.15) is 9.84 Å². The van der Waals surface area contributed by atoms with Crippen molar-refractivity contribution in [1.82, 2.24) is 9.88 Å². The number of hydrogen-bond donors (Lipinski definition) is 1. The van der Waals surface area contributed by atoms with E-state index in [2.05, 4.69) is 41.1 Å². The molecule has 0 spiro atoms. The van der Waals surface area contributed by atoms with Gasteiger partial charge in [-0.15, -0.1) is 0 Å². The molecular weight excluding hydrogens is 394 g/mol. The molecular formula is C24H27N3O2S. The number of nitrogens with two attached hydrogens (primary N) is 1. The van der Waals surface area contributed by atoms with Crippen LogP contribution in [0.25, 0.3) is 11.3 Å². The molecule has 1 aliphatic heterocycles. The molecule has 2 N–H and O–H groups in total. The van der Waals surface area contributed by atoms with E-state index in [1.165, 1.54) is 6.26 Å². The summed E-state index contributed by atoms with van der Waals surface area (Å²) in [6.45, 7) is 3.35. The molecule has 1 unspecified atom stereocenters. The summed E-state index contributed by atoms with van der Waals surface area (Å²) in [4.78, 5) is 6.79. The average molecular weight is 422 g/mol. The molecule has 30 heavy (non-hydrogen) atoms. The highest BCUT2D eigenvalue weighted by molar-refractivity contribution is 7.90. The van der Waals surface area contributed by atoms with Crippen molar-refractivity contribution in [2.45, 2.75) is 19.4 Å². The molecule has 6 heteroatoms. The zero-order chi connectivity index (χ0) is 21.3. The molecule has 0 saturated carbocycles. The van der Waals surface area contributed by atoms with Gasteiger partial charge >= 0.3 is 0 Å². The largest absolute Gasteiger partial charge is 0.398 e. The molecule has 1 aromatic heterocycles. The molecule has 0 saturated heterocycles. The first-order valence-corrected chi connectivity index (χ1v) is 12.2. The lowest BCUT2D eigenvalue weighted by Crippen LogP contribution is -2.39. The van der Waals surface area contributed by atoms with Crippen LogP contribution >= 0.6 is 0 Å². The van der Waals surface area contributed by atoms with Gasteiger partial charge in [-0.1, -0.05) is 30.3 Å². The predicted octanol–water partition coefficient (Wildman–Crippen LogP) is 3.63. The minimum Gasteiger partial charge on any atom is -0.398 e. The van der Waals surface area contributed by atoms with Crippen LogP contribution < -0.4 is 5.73 Å². The van der Waals surface area contributed by atoms with Gasteiger partial charge in [-0.05, 0) is 59.9 Å². The smallest absolute Gasteiger partial charge is 0.148 e. The zero-order valence-corrected chi connectivity index (χ0v) is 18.2. The van der Waals surface area contributed by atoms with E-state index in [1.807, 2.05) is 30.3 Å². The average Bonchev–Trinajstić information content (AvgIpc) is 2.73. The molecule has 156 valence electrons. The van der Waals surface area contributed by atoms with Gasteiger partial charge in [0.15, 0.2) is 0 Å². The lowest BCUT2D eigenvalue weighted by Gasteiger charge is -2.38. The maximum atomic E-state index is 11.8. The van der Waals surface area contributed by atoms with E-state index < -0.39 is 9.84 Å². The minimum atomic E-state index is -3.05. The van der Waals surface area contributed by atoms with Crippen LogP contribution in [0, 0.1) is 6.92 Å². The molecule has 4 rings (SSSR count). The Morgan fingerprint density at radius 1 is 1.13 bits per heavy atom. The Kier molecular flexibility index (Phi) is 5.62. The number of fused-ring (bicyclic) bond motifs is 1. The van der Waals surface area contributed by atoms with Crippen LogP contribution in [0.2, 0.25) is 0 Å². The van der Waals surface area contributed by atoms with Crippen LogP contribution in [-0.4, -0.2) is 43.4 Å². The van der Waals surface area contributed by atoms with Gasteiger partial charge in [-0.2, -0.15) is 0 Å². The summed E-state index contributed by atoms with van der Waals surface area (Å²) >= 11 is 0. The third kappa shape index (κ3) is 4.25. The number of aryl methyl sites for hydroxylation is 1. The Hall–Kier alpha value is -2.70. The Bertz CT molecular complexity index is 1160. The van der Waals surface area contributed by atoms with Gasteiger partial charge in [-0.25, -0.2) is 8.42 Å². The van der Waals surface area contributed by atoms with E-state index in [9.17, 15) is 8.42 Å². The van der Waals surface area contributed by atoms with Crippen LogP contribution in [0.1, 0.15) is 28.3 Å². The van der Waals surface area contributed by atoms with E-state index >= 15 is 0 Å². The number of nitrogen functional groups attached to an aromatic ring is 1. The van der Waals surface area contributed by atoms with Crippen LogP contribution in [0.4, 0.5) is 5.69 Å². The second kappa shape index (κ2) is 8.20. The van der Waals surface area contributed by atoms with Crippen molar-refractivity contribution in [3.05, 3.63) is 83.0 Å². The number of pyridine rings is 1. The highest BCUT2D eigenvalue weighted by atomic mass is 32.2. The predicted molar refractivity (Wildman–Crippen MR) is 122 cm³/mol. The van der Waals surface area contributed by atoms with Crippen LogP contribution in [0.15, 0.2) is 60.8 Å². The molecule has 0 fully saturated rings. The summed E-state index contributed by atoms with van der Waals surface area (Å²) in [5, 5.41) is 0. The summed E-state index contributed by atoms with van der Waals surface area (Å²) in [6, 6.07) is 18.4. The molecule has 2 aromatic carbocycles. The number of hydrogen-bond acceptors (Lipinski definition) is 5. The van der Waals surface area contributed by atoms with Crippen LogP contribution in [0.3, 0.4) is 0 Å². The summed E-state index contributed by atoms with van der Waals surface area (Å²) in [5.41, 5.74) is 13.7. The highest BCUT2D eigenvalue weighted by Crippen LogP contribution is 2.38. The van der Waals surface area contributed by atoms with E-state index in [0.717, 1.165) is 52.2 Å². The fraction of sp³-hybridized carbons (Fsp3) is 0.292. The number of aromatic nitrogens is 1. The molecule has 1 atom stereocenters. The van der Waals surface area contributed by atoms with Crippen molar-refractivity contribution in [2.24, 2.45) is 0 Å². The molecule has 2 heterocycles. The Balaban J connectivity index is 1.81. The number of anilines is 1. The maximum Gasteiger partial charge on any atom is 0.148 e. The molecule has 0 radical (unpaired) electrons. The first-order valence-electron chi connectivity index (χ1n) is 10.1. The van der Waals surface area contributed by atoms with Crippen molar-refractivity contribution in [2.75, 3.05) is 30.8 Å². The Labute approximate surface area is 178 Å². The summed E-state index contributed by atoms with van der Waals surface area (Å²) < 4.78 is 23.7. The number of sulfone groups is 1. The van der Waals surface area contributed by atoms with Crippen molar-refractivity contribution in [3.63, 3.8) is 0 Å². The van der Waals surface area contributed by atoms with Gasteiger partial charge in [0.05, 0.1) is 17.5 Å². The Morgan fingerprint density at radius 3 is 2.70 bits per heavy atom. The van der Waals surface area contributed by atoms with Crippen molar-refractivity contribution in [3.8, 4) is 11.3 Å². The summed E-state index contributed by atoms with van der Waals surface area (Å²) in [7, 11) is -3.05. The van der Waals surface area contributed by atoms with E-state index in [4.69, 9.17) is 5.73 Å². The summed E-state index contributed by atoms with van der Waals surface area (Å²) in [6.07, 6.45) is 3.92. The fourth-order valence-electron chi connectivity index (χ4n) is 4.27. The van der Waals surface area contributed by atoms with E-state index in [0.29, 0.717) is 6.54 Å². The molecule has 3 aromatic rings. The highest BCUT2D eigenvalue weighted by Gasteiger charge is 2.30. The Morgan fingerprint density at radius 2 is 1.97 bits per heavy atom. The van der Waals surface area contributed by atoms with Gasteiger partial charge in [0.2, 0.25) is 0 Å². The molecule has 0 aliphatic carbocycles. The fourth-order valence-corrected chi connectivity index (χ4v) is 4.84. The third-order valence-corrected chi connectivity index (χ3v) is 6.75. The second-order valence-electron chi connectivity index (χ2n) is 8.02. The first kappa shape index (κ1) is 20.6. The van der Waals surface area contributed by atoms with Gasteiger partial charge in [0.25, 0.3) is 0 Å². The molecule has 1 aliphatic rings. The number of nitrogens with zero attached hydrogens (tertiary/aromatic N) is 2. The van der Waals surface area contributed by atoms with Gasteiger partial charge in [0, 0.05) is 36.8 Å². The topological polar surface area (TPSA) is 76.3 Å². The molecule has 0 amide bonds. The lowest BCUT2D eigenvalue weighted by atomic mass is 9.86.